The number of ether oxygens (including phenoxy) is 3. The number of nitrogens with zero attached hydrogens (tertiary/aromatic N) is 1. The summed E-state index contributed by atoms with van der Waals surface area (Å²) >= 11 is 0. The third kappa shape index (κ3) is 5.50. The first-order chi connectivity index (χ1) is 11.2. The zero-order valence-electron chi connectivity index (χ0n) is 13.2. The number of carbonyl (C=O) groups is 1. The van der Waals surface area contributed by atoms with E-state index in [0.717, 1.165) is 11.3 Å². The number of rotatable bonds is 8. The molecule has 2 rings (SSSR count). The maximum Gasteiger partial charge on any atom is 0.223 e. The lowest BCUT2D eigenvalue weighted by Gasteiger charge is -2.08. The van der Waals surface area contributed by atoms with E-state index >= 15 is 0 Å². The maximum absolute atomic E-state index is 11.8. The van der Waals surface area contributed by atoms with Gasteiger partial charge in [-0.1, -0.05) is 6.07 Å². The predicted octanol–water partition coefficient (Wildman–Crippen LogP) is 2.18. The molecule has 0 fully saturated rings. The minimum Gasteiger partial charge on any atom is -0.497 e. The van der Waals surface area contributed by atoms with Gasteiger partial charge in [0, 0.05) is 18.8 Å². The van der Waals surface area contributed by atoms with Crippen LogP contribution < -0.4 is 19.5 Å². The van der Waals surface area contributed by atoms with Gasteiger partial charge in [-0.3, -0.25) is 4.79 Å². The van der Waals surface area contributed by atoms with Gasteiger partial charge < -0.3 is 19.5 Å². The van der Waals surface area contributed by atoms with Crippen molar-refractivity contribution in [1.82, 2.24) is 10.3 Å². The van der Waals surface area contributed by atoms with Gasteiger partial charge in [0.1, 0.15) is 11.5 Å². The van der Waals surface area contributed by atoms with E-state index in [1.165, 1.54) is 0 Å². The molecule has 0 saturated heterocycles. The quantitative estimate of drug-likeness (QED) is 0.808. The summed E-state index contributed by atoms with van der Waals surface area (Å²) < 4.78 is 15.6. The second kappa shape index (κ2) is 8.63. The molecule has 1 heterocycles. The number of carbonyl (C=O) groups excluding carboxylic acids is 1. The molecule has 0 aliphatic carbocycles. The van der Waals surface area contributed by atoms with Gasteiger partial charge in [-0.2, -0.15) is 0 Å². The van der Waals surface area contributed by atoms with E-state index < -0.39 is 0 Å². The van der Waals surface area contributed by atoms with Gasteiger partial charge in [-0.15, -0.1) is 0 Å². The van der Waals surface area contributed by atoms with Crippen LogP contribution in [0.1, 0.15) is 12.0 Å². The second-order valence-corrected chi connectivity index (χ2v) is 4.76. The number of nitrogens with one attached hydrogen (secondary N) is 1. The minimum absolute atomic E-state index is 0.0747. The number of methoxy groups -OCH3 is 2. The first-order valence-corrected chi connectivity index (χ1v) is 7.23. The van der Waals surface area contributed by atoms with Crippen molar-refractivity contribution in [3.63, 3.8) is 0 Å². The second-order valence-electron chi connectivity index (χ2n) is 4.76. The fourth-order valence-electron chi connectivity index (χ4n) is 1.86. The van der Waals surface area contributed by atoms with Crippen LogP contribution in [0.25, 0.3) is 0 Å². The van der Waals surface area contributed by atoms with Gasteiger partial charge in [-0.25, -0.2) is 4.98 Å². The molecule has 1 N–H and O–H groups in total. The number of pyridine rings is 1. The molecule has 6 nitrogen and oxygen atoms in total. The molecular formula is C17H20N2O4. The Morgan fingerprint density at radius 2 is 1.78 bits per heavy atom. The van der Waals surface area contributed by atoms with Crippen molar-refractivity contribution in [3.8, 4) is 17.4 Å². The van der Waals surface area contributed by atoms with Crippen LogP contribution in [0, 0.1) is 0 Å². The summed E-state index contributed by atoms with van der Waals surface area (Å²) in [7, 11) is 3.17. The molecule has 2 aromatic rings. The van der Waals surface area contributed by atoms with Gasteiger partial charge in [0.05, 0.1) is 27.2 Å². The van der Waals surface area contributed by atoms with Gasteiger partial charge in [-0.05, 0) is 29.8 Å². The third-order valence-electron chi connectivity index (χ3n) is 3.15. The van der Waals surface area contributed by atoms with Gasteiger partial charge >= 0.3 is 0 Å². The molecule has 0 aliphatic heterocycles. The van der Waals surface area contributed by atoms with Crippen LogP contribution in [0.2, 0.25) is 0 Å². The van der Waals surface area contributed by atoms with E-state index in [2.05, 4.69) is 10.3 Å². The maximum atomic E-state index is 11.8. The SMILES string of the molecule is COc1ccc(OCCC(=O)NCc2ccc(OC)nc2)cc1. The summed E-state index contributed by atoms with van der Waals surface area (Å²) in [5.74, 6) is 1.95. The normalized spacial score (nSPS) is 10.0. The lowest BCUT2D eigenvalue weighted by atomic mass is 10.3. The molecule has 6 heteroatoms. The molecule has 23 heavy (non-hydrogen) atoms. The van der Waals surface area contributed by atoms with Crippen molar-refractivity contribution < 1.29 is 19.0 Å². The van der Waals surface area contributed by atoms with Gasteiger partial charge in [0.25, 0.3) is 0 Å². The van der Waals surface area contributed by atoms with Crippen molar-refractivity contribution in [1.29, 1.82) is 0 Å². The topological polar surface area (TPSA) is 69.7 Å². The van der Waals surface area contributed by atoms with Crippen molar-refractivity contribution in [2.45, 2.75) is 13.0 Å². The number of amides is 1. The lowest BCUT2D eigenvalue weighted by Crippen LogP contribution is -2.24. The highest BCUT2D eigenvalue weighted by Crippen LogP contribution is 2.17. The van der Waals surface area contributed by atoms with E-state index in [1.54, 1.807) is 38.6 Å². The Balaban J connectivity index is 1.67. The summed E-state index contributed by atoms with van der Waals surface area (Å²) in [6, 6.07) is 10.9. The Bertz CT molecular complexity index is 611. The summed E-state index contributed by atoms with van der Waals surface area (Å²) in [6.07, 6.45) is 1.96. The highest BCUT2D eigenvalue weighted by atomic mass is 16.5. The Morgan fingerprint density at radius 1 is 1.04 bits per heavy atom. The number of hydrogen-bond acceptors (Lipinski definition) is 5. The summed E-state index contributed by atoms with van der Waals surface area (Å²) in [5.41, 5.74) is 0.912. The Hall–Kier alpha value is -2.76. The van der Waals surface area contributed by atoms with Gasteiger partial charge in [0.15, 0.2) is 0 Å². The first-order valence-electron chi connectivity index (χ1n) is 7.23. The third-order valence-corrected chi connectivity index (χ3v) is 3.15. The minimum atomic E-state index is -0.0747. The smallest absolute Gasteiger partial charge is 0.223 e. The Kier molecular flexibility index (Phi) is 6.23. The highest BCUT2D eigenvalue weighted by molar-refractivity contribution is 5.75. The fraction of sp³-hybridized carbons (Fsp3) is 0.294. The van der Waals surface area contributed by atoms with E-state index in [1.807, 2.05) is 18.2 Å². The van der Waals surface area contributed by atoms with E-state index in [4.69, 9.17) is 14.2 Å². The van der Waals surface area contributed by atoms with Crippen molar-refractivity contribution in [2.75, 3.05) is 20.8 Å². The fourth-order valence-corrected chi connectivity index (χ4v) is 1.86. The van der Waals surface area contributed by atoms with Crippen LogP contribution >= 0.6 is 0 Å². The number of aromatic nitrogens is 1. The predicted molar refractivity (Wildman–Crippen MR) is 85.7 cm³/mol. The monoisotopic (exact) mass is 316 g/mol. The largest absolute Gasteiger partial charge is 0.497 e. The summed E-state index contributed by atoms with van der Waals surface area (Å²) in [4.78, 5) is 15.9. The van der Waals surface area contributed by atoms with E-state index in [-0.39, 0.29) is 12.3 Å². The number of benzene rings is 1. The molecule has 1 aromatic carbocycles. The lowest BCUT2D eigenvalue weighted by molar-refractivity contribution is -0.121. The molecule has 1 aromatic heterocycles. The highest BCUT2D eigenvalue weighted by Gasteiger charge is 2.03. The van der Waals surface area contributed by atoms with Crippen molar-refractivity contribution in [3.05, 3.63) is 48.2 Å². The molecule has 0 saturated carbocycles. The van der Waals surface area contributed by atoms with Crippen molar-refractivity contribution in [2.24, 2.45) is 0 Å². The van der Waals surface area contributed by atoms with Crippen LogP contribution in [0.15, 0.2) is 42.6 Å². The molecule has 0 bridgehead atoms. The van der Waals surface area contributed by atoms with Crippen LogP contribution in [-0.4, -0.2) is 31.7 Å². The molecule has 0 spiro atoms. The first kappa shape index (κ1) is 16.6. The molecule has 0 atom stereocenters. The van der Waals surface area contributed by atoms with Gasteiger partial charge in [0.2, 0.25) is 11.8 Å². The Labute approximate surface area is 135 Å². The van der Waals surface area contributed by atoms with Crippen LogP contribution in [0.5, 0.6) is 17.4 Å². The molecular weight excluding hydrogens is 296 g/mol. The average molecular weight is 316 g/mol. The average Bonchev–Trinajstić information content (AvgIpc) is 2.61. The molecule has 0 unspecified atom stereocenters. The zero-order chi connectivity index (χ0) is 16.5. The zero-order valence-corrected chi connectivity index (χ0v) is 13.2. The summed E-state index contributed by atoms with van der Waals surface area (Å²) in [5, 5.41) is 2.82. The molecule has 122 valence electrons. The standard InChI is InChI=1S/C17H20N2O4/c1-21-14-4-6-15(7-5-14)23-10-9-16(20)18-11-13-3-8-17(22-2)19-12-13/h3-8,12H,9-11H2,1-2H3,(H,18,20). The summed E-state index contributed by atoms with van der Waals surface area (Å²) in [6.45, 7) is 0.747. The molecule has 1 amide bonds. The molecule has 0 radical (unpaired) electrons. The Morgan fingerprint density at radius 3 is 2.39 bits per heavy atom. The molecule has 0 aliphatic rings. The van der Waals surface area contributed by atoms with Crippen LogP contribution in [0.4, 0.5) is 0 Å². The number of hydrogen-bond donors (Lipinski definition) is 1. The van der Waals surface area contributed by atoms with E-state index in [9.17, 15) is 4.79 Å². The van der Waals surface area contributed by atoms with E-state index in [0.29, 0.717) is 24.8 Å². The van der Waals surface area contributed by atoms with Crippen LogP contribution in [0.3, 0.4) is 0 Å². The van der Waals surface area contributed by atoms with Crippen molar-refractivity contribution >= 4 is 5.91 Å². The van der Waals surface area contributed by atoms with Crippen LogP contribution in [-0.2, 0) is 11.3 Å².